The third-order valence-electron chi connectivity index (χ3n) is 5.19. The van der Waals surface area contributed by atoms with Crippen LogP contribution in [0.15, 0.2) is 97.1 Å². The van der Waals surface area contributed by atoms with Crippen LogP contribution in [-0.4, -0.2) is 18.4 Å². The third-order valence-corrected chi connectivity index (χ3v) is 5.19. The maximum atomic E-state index is 12.7. The van der Waals surface area contributed by atoms with Crippen LogP contribution < -0.4 is 15.4 Å². The van der Waals surface area contributed by atoms with Gasteiger partial charge in [0.25, 0.3) is 11.8 Å². The van der Waals surface area contributed by atoms with E-state index in [0.29, 0.717) is 17.0 Å². The van der Waals surface area contributed by atoms with Gasteiger partial charge < -0.3 is 15.4 Å². The molecular formula is C27H24N2O3. The highest BCUT2D eigenvalue weighted by atomic mass is 16.5. The molecule has 5 nitrogen and oxygen atoms in total. The summed E-state index contributed by atoms with van der Waals surface area (Å²) < 4.78 is 5.71. The number of carbonyl (C=O) groups is 2. The molecule has 160 valence electrons. The predicted molar refractivity (Wildman–Crippen MR) is 127 cm³/mol. The summed E-state index contributed by atoms with van der Waals surface area (Å²) in [5.41, 5.74) is 2.10. The molecular weight excluding hydrogens is 400 g/mol. The van der Waals surface area contributed by atoms with Gasteiger partial charge in [-0.05, 0) is 47.5 Å². The number of ether oxygens (including phenoxy) is 1. The van der Waals surface area contributed by atoms with E-state index in [1.165, 1.54) is 0 Å². The van der Waals surface area contributed by atoms with Crippen molar-refractivity contribution in [2.45, 2.75) is 13.0 Å². The van der Waals surface area contributed by atoms with Crippen LogP contribution in [0.25, 0.3) is 10.8 Å². The fourth-order valence-corrected chi connectivity index (χ4v) is 3.63. The Labute approximate surface area is 187 Å². The van der Waals surface area contributed by atoms with Crippen molar-refractivity contribution in [3.05, 3.63) is 108 Å². The molecule has 0 aromatic heterocycles. The molecule has 0 radical (unpaired) electrons. The first kappa shape index (κ1) is 21.1. The van der Waals surface area contributed by atoms with Gasteiger partial charge in [-0.1, -0.05) is 72.8 Å². The summed E-state index contributed by atoms with van der Waals surface area (Å²) >= 11 is 0. The molecule has 2 amide bonds. The number of amides is 2. The Bertz CT molecular complexity index is 1230. The minimum Gasteiger partial charge on any atom is -0.483 e. The van der Waals surface area contributed by atoms with Crippen molar-refractivity contribution in [3.8, 4) is 5.75 Å². The monoisotopic (exact) mass is 424 g/mol. The Kier molecular flexibility index (Phi) is 6.46. The van der Waals surface area contributed by atoms with Gasteiger partial charge in [-0.2, -0.15) is 0 Å². The van der Waals surface area contributed by atoms with E-state index in [-0.39, 0.29) is 24.5 Å². The first-order chi connectivity index (χ1) is 15.6. The zero-order valence-electron chi connectivity index (χ0n) is 17.7. The van der Waals surface area contributed by atoms with Crippen molar-refractivity contribution in [1.29, 1.82) is 0 Å². The minimum absolute atomic E-state index is 0.186. The molecule has 2 N–H and O–H groups in total. The van der Waals surface area contributed by atoms with E-state index in [0.717, 1.165) is 16.3 Å². The van der Waals surface area contributed by atoms with Crippen molar-refractivity contribution in [3.63, 3.8) is 0 Å². The molecule has 4 rings (SSSR count). The summed E-state index contributed by atoms with van der Waals surface area (Å²) in [6, 6.07) is 30.0. The van der Waals surface area contributed by atoms with E-state index in [2.05, 4.69) is 10.6 Å². The highest BCUT2D eigenvalue weighted by Gasteiger charge is 2.16. The summed E-state index contributed by atoms with van der Waals surface area (Å²) in [7, 11) is 0. The van der Waals surface area contributed by atoms with Gasteiger partial charge >= 0.3 is 0 Å². The number of hydrogen-bond donors (Lipinski definition) is 2. The molecule has 4 aromatic carbocycles. The number of nitrogens with one attached hydrogen (secondary N) is 2. The van der Waals surface area contributed by atoms with Crippen LogP contribution >= 0.6 is 0 Å². The fourth-order valence-electron chi connectivity index (χ4n) is 3.63. The minimum atomic E-state index is -0.295. The summed E-state index contributed by atoms with van der Waals surface area (Å²) in [4.78, 5) is 25.2. The molecule has 0 heterocycles. The van der Waals surface area contributed by atoms with Crippen molar-refractivity contribution in [2.75, 3.05) is 11.9 Å². The molecule has 1 unspecified atom stereocenters. The molecule has 1 atom stereocenters. The molecule has 0 saturated heterocycles. The van der Waals surface area contributed by atoms with Gasteiger partial charge in [0.2, 0.25) is 0 Å². The highest BCUT2D eigenvalue weighted by molar-refractivity contribution is 6.06. The molecule has 5 heteroatoms. The smallest absolute Gasteiger partial charge is 0.259 e. The van der Waals surface area contributed by atoms with Crippen LogP contribution in [0.1, 0.15) is 28.9 Å². The number of hydrogen-bond acceptors (Lipinski definition) is 3. The predicted octanol–water partition coefficient (Wildman–Crippen LogP) is 5.35. The van der Waals surface area contributed by atoms with Gasteiger partial charge in [0.05, 0.1) is 11.6 Å². The zero-order valence-corrected chi connectivity index (χ0v) is 17.7. The number of fused-ring (bicyclic) bond motifs is 1. The van der Waals surface area contributed by atoms with E-state index in [1.54, 1.807) is 24.3 Å². The van der Waals surface area contributed by atoms with Gasteiger partial charge in [0.1, 0.15) is 5.75 Å². The Morgan fingerprint density at radius 2 is 1.50 bits per heavy atom. The summed E-state index contributed by atoms with van der Waals surface area (Å²) in [5.74, 6) is -0.200. The Morgan fingerprint density at radius 1 is 0.812 bits per heavy atom. The number of benzene rings is 4. The van der Waals surface area contributed by atoms with E-state index in [1.807, 2.05) is 79.7 Å². The lowest BCUT2D eigenvalue weighted by Crippen LogP contribution is -2.31. The van der Waals surface area contributed by atoms with Crippen molar-refractivity contribution < 1.29 is 14.3 Å². The van der Waals surface area contributed by atoms with Gasteiger partial charge in [0, 0.05) is 5.69 Å². The standard InChI is InChI=1S/C27H24N2O3/c1-19(22-16-9-11-20-10-5-6-14-23(20)22)28-26(30)18-32-25-17-8-7-15-24(25)27(31)29-21-12-3-2-4-13-21/h2-17,19H,18H2,1H3,(H,28,30)(H,29,31). The second-order valence-corrected chi connectivity index (χ2v) is 7.46. The third kappa shape index (κ3) is 4.95. The van der Waals surface area contributed by atoms with Gasteiger partial charge in [-0.25, -0.2) is 0 Å². The van der Waals surface area contributed by atoms with Crippen molar-refractivity contribution in [2.24, 2.45) is 0 Å². The second kappa shape index (κ2) is 9.79. The number of rotatable bonds is 7. The van der Waals surface area contributed by atoms with E-state index in [9.17, 15) is 9.59 Å². The second-order valence-electron chi connectivity index (χ2n) is 7.46. The Balaban J connectivity index is 1.40. The number of anilines is 1. The first-order valence-corrected chi connectivity index (χ1v) is 10.5. The van der Waals surface area contributed by atoms with Crippen molar-refractivity contribution >= 4 is 28.3 Å². The molecule has 0 bridgehead atoms. The fraction of sp³-hybridized carbons (Fsp3) is 0.111. The zero-order chi connectivity index (χ0) is 22.3. The summed E-state index contributed by atoms with van der Waals surface area (Å²) in [6.45, 7) is 1.76. The average molecular weight is 425 g/mol. The quantitative estimate of drug-likeness (QED) is 0.420. The molecule has 0 saturated carbocycles. The molecule has 0 aliphatic carbocycles. The lowest BCUT2D eigenvalue weighted by atomic mass is 10.00. The van der Waals surface area contributed by atoms with E-state index < -0.39 is 0 Å². The molecule has 0 aliphatic rings. The van der Waals surface area contributed by atoms with Crippen LogP contribution in [0.2, 0.25) is 0 Å². The Hall–Kier alpha value is -4.12. The Morgan fingerprint density at radius 3 is 2.34 bits per heavy atom. The van der Waals surface area contributed by atoms with Crippen LogP contribution in [-0.2, 0) is 4.79 Å². The first-order valence-electron chi connectivity index (χ1n) is 10.5. The van der Waals surface area contributed by atoms with Gasteiger partial charge in [-0.15, -0.1) is 0 Å². The largest absolute Gasteiger partial charge is 0.483 e. The summed E-state index contributed by atoms with van der Waals surface area (Å²) in [5, 5.41) is 8.05. The molecule has 32 heavy (non-hydrogen) atoms. The maximum absolute atomic E-state index is 12.7. The maximum Gasteiger partial charge on any atom is 0.259 e. The number of carbonyl (C=O) groups excluding carboxylic acids is 2. The average Bonchev–Trinajstić information content (AvgIpc) is 2.83. The van der Waals surface area contributed by atoms with E-state index in [4.69, 9.17) is 4.74 Å². The topological polar surface area (TPSA) is 67.4 Å². The van der Waals surface area contributed by atoms with Gasteiger partial charge in [0.15, 0.2) is 6.61 Å². The van der Waals surface area contributed by atoms with Gasteiger partial charge in [-0.3, -0.25) is 9.59 Å². The molecule has 4 aromatic rings. The van der Waals surface area contributed by atoms with Crippen molar-refractivity contribution in [1.82, 2.24) is 5.32 Å². The van der Waals surface area contributed by atoms with Crippen LogP contribution in [0.4, 0.5) is 5.69 Å². The molecule has 0 aliphatic heterocycles. The summed E-state index contributed by atoms with van der Waals surface area (Å²) in [6.07, 6.45) is 0. The molecule has 0 spiro atoms. The van der Waals surface area contributed by atoms with Crippen LogP contribution in [0.5, 0.6) is 5.75 Å². The van der Waals surface area contributed by atoms with Crippen LogP contribution in [0, 0.1) is 0 Å². The number of para-hydroxylation sites is 2. The SMILES string of the molecule is CC(NC(=O)COc1ccccc1C(=O)Nc1ccccc1)c1cccc2ccccc12. The lowest BCUT2D eigenvalue weighted by molar-refractivity contribution is -0.123. The highest BCUT2D eigenvalue weighted by Crippen LogP contribution is 2.24. The normalized spacial score (nSPS) is 11.5. The lowest BCUT2D eigenvalue weighted by Gasteiger charge is -2.17. The van der Waals surface area contributed by atoms with Crippen LogP contribution in [0.3, 0.4) is 0 Å². The molecule has 0 fully saturated rings. The van der Waals surface area contributed by atoms with E-state index >= 15 is 0 Å².